The maximum absolute atomic E-state index is 9.38. The van der Waals surface area contributed by atoms with Crippen LogP contribution in [0.4, 0.5) is 0 Å². The molecule has 12 heavy (non-hydrogen) atoms. The molecule has 1 N–H and O–H groups in total. The minimum Gasteiger partial charge on any atom is -0.390 e. The molecule has 0 aliphatic rings. The molecule has 0 aliphatic carbocycles. The Morgan fingerprint density at radius 3 is 1.25 bits per heavy atom. The first kappa shape index (κ1) is 14.5. The molecule has 0 radical (unpaired) electrons. The summed E-state index contributed by atoms with van der Waals surface area (Å²) in [6.07, 6.45) is 1.97. The van der Waals surface area contributed by atoms with Gasteiger partial charge in [0.25, 0.3) is 0 Å². The highest BCUT2D eigenvalue weighted by Crippen LogP contribution is 2.24. The highest BCUT2D eigenvalue weighted by atomic mass is 16.3. The molecule has 1 nitrogen and oxygen atoms in total. The van der Waals surface area contributed by atoms with Gasteiger partial charge in [-0.2, -0.15) is 0 Å². The summed E-state index contributed by atoms with van der Waals surface area (Å²) in [7, 11) is 0. The van der Waals surface area contributed by atoms with E-state index in [1.807, 2.05) is 27.7 Å². The van der Waals surface area contributed by atoms with Crippen molar-refractivity contribution in [2.75, 3.05) is 0 Å². The van der Waals surface area contributed by atoms with Gasteiger partial charge in [0.05, 0.1) is 5.60 Å². The van der Waals surface area contributed by atoms with Crippen LogP contribution in [0.25, 0.3) is 0 Å². The van der Waals surface area contributed by atoms with Crippen LogP contribution in [0.2, 0.25) is 0 Å². The second-order valence-electron chi connectivity index (χ2n) is 4.87. The molecule has 0 aromatic rings. The van der Waals surface area contributed by atoms with Crippen molar-refractivity contribution in [1.82, 2.24) is 0 Å². The topological polar surface area (TPSA) is 20.2 Å². The summed E-state index contributed by atoms with van der Waals surface area (Å²) in [4.78, 5) is 0. The number of hydrogen-bond donors (Lipinski definition) is 1. The third kappa shape index (κ3) is 16.5. The summed E-state index contributed by atoms with van der Waals surface area (Å²) in [5.41, 5.74) is -0.146. The summed E-state index contributed by atoms with van der Waals surface area (Å²) >= 11 is 0. The standard InChI is InChI=1S/C9H20O.C2H6/c1-8(2,3)6-7-9(4,5)10;1-2/h10H,6-7H2,1-5H3;1-2H3. The second-order valence-corrected chi connectivity index (χ2v) is 4.87. The Morgan fingerprint density at radius 2 is 1.17 bits per heavy atom. The van der Waals surface area contributed by atoms with Crippen molar-refractivity contribution < 1.29 is 5.11 Å². The van der Waals surface area contributed by atoms with Gasteiger partial charge in [-0.05, 0) is 32.1 Å². The molecule has 0 atom stereocenters. The molecule has 0 saturated heterocycles. The second kappa shape index (κ2) is 5.58. The van der Waals surface area contributed by atoms with Gasteiger partial charge in [-0.1, -0.05) is 34.6 Å². The van der Waals surface area contributed by atoms with Crippen LogP contribution in [0.5, 0.6) is 0 Å². The van der Waals surface area contributed by atoms with E-state index < -0.39 is 5.60 Å². The van der Waals surface area contributed by atoms with E-state index in [0.717, 1.165) is 12.8 Å². The summed E-state index contributed by atoms with van der Waals surface area (Å²) < 4.78 is 0. The van der Waals surface area contributed by atoms with Gasteiger partial charge in [0.1, 0.15) is 0 Å². The zero-order valence-corrected chi connectivity index (χ0v) is 9.86. The first-order chi connectivity index (χ1) is 5.21. The quantitative estimate of drug-likeness (QED) is 0.678. The molecule has 0 aliphatic heterocycles. The van der Waals surface area contributed by atoms with E-state index in [0.29, 0.717) is 5.41 Å². The molecule has 0 saturated carbocycles. The van der Waals surface area contributed by atoms with Crippen molar-refractivity contribution in [3.8, 4) is 0 Å². The fourth-order valence-electron chi connectivity index (χ4n) is 0.681. The van der Waals surface area contributed by atoms with Gasteiger partial charge in [0.2, 0.25) is 0 Å². The lowest BCUT2D eigenvalue weighted by molar-refractivity contribution is 0.0582. The molecular formula is C11H26O. The number of aliphatic hydroxyl groups is 1. The van der Waals surface area contributed by atoms with Crippen LogP contribution in [0.15, 0.2) is 0 Å². The third-order valence-corrected chi connectivity index (χ3v) is 1.49. The van der Waals surface area contributed by atoms with Gasteiger partial charge in [-0.3, -0.25) is 0 Å². The Hall–Kier alpha value is -0.0400. The van der Waals surface area contributed by atoms with Gasteiger partial charge in [0, 0.05) is 0 Å². The highest BCUT2D eigenvalue weighted by molar-refractivity contribution is 4.70. The Kier molecular flexibility index (Phi) is 6.73. The molecule has 0 bridgehead atoms. The monoisotopic (exact) mass is 174 g/mol. The summed E-state index contributed by atoms with van der Waals surface area (Å²) in [6.45, 7) is 14.3. The zero-order chi connectivity index (χ0) is 10.4. The molecule has 0 unspecified atom stereocenters. The van der Waals surface area contributed by atoms with Crippen molar-refractivity contribution >= 4 is 0 Å². The first-order valence-corrected chi connectivity index (χ1v) is 4.93. The predicted octanol–water partition coefficient (Wildman–Crippen LogP) is 3.61. The Balaban J connectivity index is 0. The maximum atomic E-state index is 9.38. The van der Waals surface area contributed by atoms with Crippen LogP contribution in [0.3, 0.4) is 0 Å². The molecule has 0 rings (SSSR count). The van der Waals surface area contributed by atoms with Crippen molar-refractivity contribution in [1.29, 1.82) is 0 Å². The smallest absolute Gasteiger partial charge is 0.0592 e. The zero-order valence-electron chi connectivity index (χ0n) is 9.86. The van der Waals surface area contributed by atoms with Gasteiger partial charge < -0.3 is 5.11 Å². The first-order valence-electron chi connectivity index (χ1n) is 4.93. The lowest BCUT2D eigenvalue weighted by atomic mass is 9.86. The molecule has 0 fully saturated rings. The largest absolute Gasteiger partial charge is 0.390 e. The number of rotatable bonds is 2. The molecule has 0 spiro atoms. The van der Waals surface area contributed by atoms with E-state index in [9.17, 15) is 5.11 Å². The summed E-state index contributed by atoms with van der Waals surface area (Å²) in [5, 5.41) is 9.38. The van der Waals surface area contributed by atoms with E-state index in [4.69, 9.17) is 0 Å². The molecular weight excluding hydrogens is 148 g/mol. The molecule has 1 heteroatoms. The average molecular weight is 174 g/mol. The highest BCUT2D eigenvalue weighted by Gasteiger charge is 2.17. The minimum atomic E-state index is -0.493. The SMILES string of the molecule is CC.CC(C)(C)CCC(C)(C)O. The normalized spacial score (nSPS) is 12.0. The van der Waals surface area contributed by atoms with Crippen molar-refractivity contribution in [2.45, 2.75) is 66.9 Å². The van der Waals surface area contributed by atoms with Gasteiger partial charge in [-0.15, -0.1) is 0 Å². The van der Waals surface area contributed by atoms with E-state index in [2.05, 4.69) is 20.8 Å². The number of hydrogen-bond acceptors (Lipinski definition) is 1. The van der Waals surface area contributed by atoms with E-state index in [1.165, 1.54) is 0 Å². The Bertz CT molecular complexity index is 78.6. The van der Waals surface area contributed by atoms with E-state index in [-0.39, 0.29) is 0 Å². The summed E-state index contributed by atoms with van der Waals surface area (Å²) in [6, 6.07) is 0. The van der Waals surface area contributed by atoms with Crippen LogP contribution in [-0.2, 0) is 0 Å². The van der Waals surface area contributed by atoms with Crippen LogP contribution < -0.4 is 0 Å². The molecule has 76 valence electrons. The van der Waals surface area contributed by atoms with Gasteiger partial charge in [0.15, 0.2) is 0 Å². The maximum Gasteiger partial charge on any atom is 0.0592 e. The van der Waals surface area contributed by atoms with Crippen LogP contribution in [-0.4, -0.2) is 10.7 Å². The fourth-order valence-corrected chi connectivity index (χ4v) is 0.681. The van der Waals surface area contributed by atoms with Gasteiger partial charge >= 0.3 is 0 Å². The Morgan fingerprint density at radius 1 is 0.833 bits per heavy atom. The third-order valence-electron chi connectivity index (χ3n) is 1.49. The van der Waals surface area contributed by atoms with Crippen LogP contribution in [0.1, 0.15) is 61.3 Å². The fraction of sp³-hybridized carbons (Fsp3) is 1.00. The predicted molar refractivity (Wildman–Crippen MR) is 56.3 cm³/mol. The van der Waals surface area contributed by atoms with E-state index >= 15 is 0 Å². The average Bonchev–Trinajstić information content (AvgIpc) is 1.86. The molecule has 0 heterocycles. The summed E-state index contributed by atoms with van der Waals surface area (Å²) in [5.74, 6) is 0. The lowest BCUT2D eigenvalue weighted by Crippen LogP contribution is -2.21. The van der Waals surface area contributed by atoms with Gasteiger partial charge in [-0.25, -0.2) is 0 Å². The Labute approximate surface area is 78.2 Å². The lowest BCUT2D eigenvalue weighted by Gasteiger charge is -2.24. The molecule has 0 aromatic heterocycles. The molecule has 0 aromatic carbocycles. The van der Waals surface area contributed by atoms with Crippen LogP contribution in [0, 0.1) is 5.41 Å². The van der Waals surface area contributed by atoms with Crippen molar-refractivity contribution in [3.63, 3.8) is 0 Å². The molecule has 0 amide bonds. The minimum absolute atomic E-state index is 0.347. The van der Waals surface area contributed by atoms with Crippen LogP contribution >= 0.6 is 0 Å². The van der Waals surface area contributed by atoms with Crippen molar-refractivity contribution in [3.05, 3.63) is 0 Å². The van der Waals surface area contributed by atoms with E-state index in [1.54, 1.807) is 0 Å². The van der Waals surface area contributed by atoms with Crippen molar-refractivity contribution in [2.24, 2.45) is 5.41 Å².